The summed E-state index contributed by atoms with van der Waals surface area (Å²) in [6, 6.07) is 5.33. The van der Waals surface area contributed by atoms with Gasteiger partial charge in [-0.15, -0.1) is 4.80 Å². The molecule has 2 aromatic heterocycles. The van der Waals surface area contributed by atoms with Crippen molar-refractivity contribution in [3.63, 3.8) is 0 Å². The van der Waals surface area contributed by atoms with Crippen LogP contribution >= 0.6 is 0 Å². The standard InChI is InChI=1S/C9H10N4O2S/c1-16(14,15)7-8-6-11-13(12-8)9-4-2-3-5-10-9/h2-6H,7H2,1H3. The molecule has 0 saturated heterocycles. The number of pyridine rings is 1. The van der Waals surface area contributed by atoms with Gasteiger partial charge in [0.1, 0.15) is 0 Å². The zero-order valence-electron chi connectivity index (χ0n) is 8.61. The van der Waals surface area contributed by atoms with Crippen LogP contribution in [-0.4, -0.2) is 34.7 Å². The minimum absolute atomic E-state index is 0.111. The molecular weight excluding hydrogens is 228 g/mol. The van der Waals surface area contributed by atoms with Gasteiger partial charge in [-0.3, -0.25) is 0 Å². The smallest absolute Gasteiger partial charge is 0.174 e. The van der Waals surface area contributed by atoms with Gasteiger partial charge in [-0.05, 0) is 12.1 Å². The first-order chi connectivity index (χ1) is 7.54. The third-order valence-corrected chi connectivity index (χ3v) is 2.62. The predicted octanol–water partition coefficient (Wildman–Crippen LogP) is 0.207. The van der Waals surface area contributed by atoms with Crippen molar-refractivity contribution < 1.29 is 8.42 Å². The summed E-state index contributed by atoms with van der Waals surface area (Å²) in [5, 5.41) is 7.98. The Morgan fingerprint density at radius 3 is 2.81 bits per heavy atom. The Balaban J connectivity index is 2.27. The summed E-state index contributed by atoms with van der Waals surface area (Å²) in [6.45, 7) is 0. The maximum atomic E-state index is 11.1. The van der Waals surface area contributed by atoms with E-state index in [-0.39, 0.29) is 5.75 Å². The molecule has 16 heavy (non-hydrogen) atoms. The molecule has 7 heteroatoms. The summed E-state index contributed by atoms with van der Waals surface area (Å²) in [5.41, 5.74) is 0.410. The lowest BCUT2D eigenvalue weighted by atomic mass is 10.5. The highest BCUT2D eigenvalue weighted by atomic mass is 32.2. The average molecular weight is 238 g/mol. The highest BCUT2D eigenvalue weighted by Crippen LogP contribution is 2.03. The van der Waals surface area contributed by atoms with E-state index in [2.05, 4.69) is 15.2 Å². The zero-order chi connectivity index (χ0) is 11.6. The van der Waals surface area contributed by atoms with Crippen molar-refractivity contribution in [2.45, 2.75) is 5.75 Å². The van der Waals surface area contributed by atoms with E-state index in [4.69, 9.17) is 0 Å². The fourth-order valence-corrected chi connectivity index (χ4v) is 1.88. The summed E-state index contributed by atoms with van der Waals surface area (Å²) in [6.07, 6.45) is 4.21. The monoisotopic (exact) mass is 238 g/mol. The van der Waals surface area contributed by atoms with Crippen LogP contribution in [0.25, 0.3) is 5.82 Å². The molecule has 0 N–H and O–H groups in total. The highest BCUT2D eigenvalue weighted by molar-refractivity contribution is 7.89. The van der Waals surface area contributed by atoms with E-state index in [0.29, 0.717) is 11.5 Å². The second kappa shape index (κ2) is 4.01. The van der Waals surface area contributed by atoms with Gasteiger partial charge in [0.15, 0.2) is 15.7 Å². The van der Waals surface area contributed by atoms with Crippen LogP contribution in [0, 0.1) is 0 Å². The van der Waals surface area contributed by atoms with Gasteiger partial charge >= 0.3 is 0 Å². The summed E-state index contributed by atoms with van der Waals surface area (Å²) in [5.74, 6) is 0.446. The van der Waals surface area contributed by atoms with Crippen LogP contribution in [-0.2, 0) is 15.6 Å². The fraction of sp³-hybridized carbons (Fsp3) is 0.222. The molecule has 0 atom stereocenters. The maximum absolute atomic E-state index is 11.1. The quantitative estimate of drug-likeness (QED) is 0.763. The second-order valence-corrected chi connectivity index (χ2v) is 5.52. The molecule has 0 aliphatic rings. The molecule has 0 aromatic carbocycles. The van der Waals surface area contributed by atoms with Crippen LogP contribution in [0.2, 0.25) is 0 Å². The molecule has 0 saturated carbocycles. The Hall–Kier alpha value is -1.76. The topological polar surface area (TPSA) is 77.7 Å². The molecule has 0 fully saturated rings. The first-order valence-electron chi connectivity index (χ1n) is 4.55. The van der Waals surface area contributed by atoms with Crippen LogP contribution in [0.5, 0.6) is 0 Å². The van der Waals surface area contributed by atoms with Gasteiger partial charge in [0.2, 0.25) is 0 Å². The molecule has 0 aliphatic carbocycles. The third kappa shape index (κ3) is 2.63. The Morgan fingerprint density at radius 1 is 1.38 bits per heavy atom. The van der Waals surface area contributed by atoms with Gasteiger partial charge in [-0.1, -0.05) is 6.07 Å². The normalized spacial score (nSPS) is 11.6. The summed E-state index contributed by atoms with van der Waals surface area (Å²) in [7, 11) is -3.08. The molecule has 2 heterocycles. The highest BCUT2D eigenvalue weighted by Gasteiger charge is 2.09. The number of rotatable bonds is 3. The predicted molar refractivity (Wildman–Crippen MR) is 57.7 cm³/mol. The Labute approximate surface area is 92.9 Å². The molecule has 2 rings (SSSR count). The summed E-state index contributed by atoms with van der Waals surface area (Å²) < 4.78 is 22.1. The number of sulfone groups is 1. The van der Waals surface area contributed by atoms with Crippen LogP contribution in [0.15, 0.2) is 30.6 Å². The van der Waals surface area contributed by atoms with E-state index in [1.165, 1.54) is 11.0 Å². The average Bonchev–Trinajstić information content (AvgIpc) is 2.65. The number of hydrogen-bond acceptors (Lipinski definition) is 5. The van der Waals surface area contributed by atoms with Gasteiger partial charge in [-0.25, -0.2) is 13.4 Å². The maximum Gasteiger partial charge on any atom is 0.174 e. The second-order valence-electron chi connectivity index (χ2n) is 3.38. The lowest BCUT2D eigenvalue weighted by Gasteiger charge is -1.96. The summed E-state index contributed by atoms with van der Waals surface area (Å²) >= 11 is 0. The van der Waals surface area contributed by atoms with Crippen LogP contribution in [0.4, 0.5) is 0 Å². The number of nitrogens with zero attached hydrogens (tertiary/aromatic N) is 4. The van der Waals surface area contributed by atoms with Gasteiger partial charge in [0.05, 0.1) is 17.6 Å². The van der Waals surface area contributed by atoms with Crippen molar-refractivity contribution >= 4 is 9.84 Å². The molecule has 0 unspecified atom stereocenters. The zero-order valence-corrected chi connectivity index (χ0v) is 9.42. The molecule has 0 spiro atoms. The van der Waals surface area contributed by atoms with Crippen molar-refractivity contribution in [3.8, 4) is 5.82 Å². The lowest BCUT2D eigenvalue weighted by molar-refractivity contribution is 0.600. The van der Waals surface area contributed by atoms with Crippen molar-refractivity contribution in [2.75, 3.05) is 6.26 Å². The van der Waals surface area contributed by atoms with E-state index in [9.17, 15) is 8.42 Å². The number of hydrogen-bond donors (Lipinski definition) is 0. The third-order valence-electron chi connectivity index (χ3n) is 1.80. The van der Waals surface area contributed by atoms with Crippen molar-refractivity contribution in [3.05, 3.63) is 36.3 Å². The SMILES string of the molecule is CS(=O)(=O)Cc1cnn(-c2ccccn2)n1. The molecule has 84 valence electrons. The van der Waals surface area contributed by atoms with Gasteiger partial charge < -0.3 is 0 Å². The molecule has 0 amide bonds. The van der Waals surface area contributed by atoms with Crippen molar-refractivity contribution in [1.29, 1.82) is 0 Å². The van der Waals surface area contributed by atoms with Crippen molar-refractivity contribution in [2.24, 2.45) is 0 Å². The van der Waals surface area contributed by atoms with E-state index in [0.717, 1.165) is 6.26 Å². The van der Waals surface area contributed by atoms with Crippen LogP contribution < -0.4 is 0 Å². The summed E-state index contributed by atoms with van der Waals surface area (Å²) in [4.78, 5) is 5.35. The molecule has 6 nitrogen and oxygen atoms in total. The van der Waals surface area contributed by atoms with E-state index >= 15 is 0 Å². The Kier molecular flexibility index (Phi) is 2.69. The van der Waals surface area contributed by atoms with Gasteiger partial charge in [0, 0.05) is 12.5 Å². The van der Waals surface area contributed by atoms with E-state index < -0.39 is 9.84 Å². The van der Waals surface area contributed by atoms with Crippen molar-refractivity contribution in [1.82, 2.24) is 20.0 Å². The minimum Gasteiger partial charge on any atom is -0.236 e. The van der Waals surface area contributed by atoms with Gasteiger partial charge in [0.25, 0.3) is 0 Å². The number of aromatic nitrogens is 4. The van der Waals surface area contributed by atoms with Crippen LogP contribution in [0.1, 0.15) is 5.69 Å². The fourth-order valence-electron chi connectivity index (χ4n) is 1.21. The molecule has 0 aliphatic heterocycles. The molecule has 0 bridgehead atoms. The van der Waals surface area contributed by atoms with Crippen LogP contribution in [0.3, 0.4) is 0 Å². The molecular formula is C9H10N4O2S. The first kappa shape index (κ1) is 10.7. The van der Waals surface area contributed by atoms with E-state index in [1.54, 1.807) is 18.3 Å². The van der Waals surface area contributed by atoms with E-state index in [1.807, 2.05) is 6.07 Å². The Morgan fingerprint density at radius 2 is 2.19 bits per heavy atom. The Bertz CT molecular complexity index is 577. The molecule has 0 radical (unpaired) electrons. The molecule has 2 aromatic rings. The first-order valence-corrected chi connectivity index (χ1v) is 6.61. The lowest BCUT2D eigenvalue weighted by Crippen LogP contribution is -2.04. The minimum atomic E-state index is -3.08. The van der Waals surface area contributed by atoms with Gasteiger partial charge in [-0.2, -0.15) is 10.2 Å². The largest absolute Gasteiger partial charge is 0.236 e.